The number of aliphatic hydroxyl groups excluding tert-OH is 1. The van der Waals surface area contributed by atoms with Gasteiger partial charge in [-0.2, -0.15) is 0 Å². The Morgan fingerprint density at radius 1 is 1.40 bits per heavy atom. The van der Waals surface area contributed by atoms with Crippen molar-refractivity contribution in [1.29, 1.82) is 0 Å². The molecule has 3 N–H and O–H groups in total. The predicted octanol–water partition coefficient (Wildman–Crippen LogP) is 0.678. The van der Waals surface area contributed by atoms with Gasteiger partial charge in [0.2, 0.25) is 0 Å². The van der Waals surface area contributed by atoms with Crippen molar-refractivity contribution >= 4 is 5.78 Å². The summed E-state index contributed by atoms with van der Waals surface area (Å²) in [6.45, 7) is -0.296. The predicted molar refractivity (Wildman–Crippen MR) is 57.9 cm³/mol. The fourth-order valence-electron chi connectivity index (χ4n) is 2.02. The monoisotopic (exact) mass is 205 g/mol. The second-order valence-electron chi connectivity index (χ2n) is 3.99. The number of aryl methyl sites for hydroxylation is 2. The summed E-state index contributed by atoms with van der Waals surface area (Å²) in [5, 5.41) is 8.81. The van der Waals surface area contributed by atoms with Crippen molar-refractivity contribution in [3.63, 3.8) is 0 Å². The highest BCUT2D eigenvalue weighted by Crippen LogP contribution is 2.23. The highest BCUT2D eigenvalue weighted by atomic mass is 16.3. The van der Waals surface area contributed by atoms with Gasteiger partial charge in [0.25, 0.3) is 0 Å². The maximum absolute atomic E-state index is 11.7. The summed E-state index contributed by atoms with van der Waals surface area (Å²) in [5.41, 5.74) is 8.71. The summed E-state index contributed by atoms with van der Waals surface area (Å²) in [6.07, 6.45) is 3.32. The molecule has 0 amide bonds. The van der Waals surface area contributed by atoms with Gasteiger partial charge in [0.15, 0.2) is 5.78 Å². The summed E-state index contributed by atoms with van der Waals surface area (Å²) in [5.74, 6) is -0.174. The van der Waals surface area contributed by atoms with Gasteiger partial charge in [0.1, 0.15) is 0 Å². The van der Waals surface area contributed by atoms with Crippen LogP contribution in [-0.2, 0) is 12.8 Å². The Balaban J connectivity index is 2.26. The Hall–Kier alpha value is -1.19. The average Bonchev–Trinajstić information content (AvgIpc) is 2.73. The summed E-state index contributed by atoms with van der Waals surface area (Å²) in [6, 6.07) is 4.94. The van der Waals surface area contributed by atoms with Crippen LogP contribution in [0.25, 0.3) is 0 Å². The normalized spacial score (nSPS) is 16.1. The number of rotatable bonds is 3. The van der Waals surface area contributed by atoms with Crippen molar-refractivity contribution in [2.24, 2.45) is 5.73 Å². The van der Waals surface area contributed by atoms with Crippen LogP contribution < -0.4 is 5.73 Å². The molecule has 2 rings (SSSR count). The molecular formula is C12H15NO2. The first kappa shape index (κ1) is 10.3. The number of aliphatic hydroxyl groups is 1. The molecule has 0 fully saturated rings. The van der Waals surface area contributed by atoms with Crippen molar-refractivity contribution in [2.75, 3.05) is 6.61 Å². The van der Waals surface area contributed by atoms with E-state index in [4.69, 9.17) is 10.8 Å². The van der Waals surface area contributed by atoms with E-state index in [0.717, 1.165) is 12.8 Å². The molecule has 0 aliphatic heterocycles. The fraction of sp³-hybridized carbons (Fsp3) is 0.417. The summed E-state index contributed by atoms with van der Waals surface area (Å²) < 4.78 is 0. The van der Waals surface area contributed by atoms with Gasteiger partial charge in [-0.15, -0.1) is 0 Å². The van der Waals surface area contributed by atoms with E-state index in [1.807, 2.05) is 18.2 Å². The zero-order chi connectivity index (χ0) is 10.8. The molecule has 0 aromatic heterocycles. The number of nitrogens with two attached hydrogens (primary N) is 1. The quantitative estimate of drug-likeness (QED) is 0.713. The lowest BCUT2D eigenvalue weighted by atomic mass is 10.0. The Morgan fingerprint density at radius 2 is 2.13 bits per heavy atom. The maximum Gasteiger partial charge on any atom is 0.181 e. The van der Waals surface area contributed by atoms with Crippen LogP contribution in [-0.4, -0.2) is 23.5 Å². The molecule has 80 valence electrons. The topological polar surface area (TPSA) is 63.3 Å². The molecule has 0 spiro atoms. The van der Waals surface area contributed by atoms with Gasteiger partial charge >= 0.3 is 0 Å². The minimum Gasteiger partial charge on any atom is -0.394 e. The van der Waals surface area contributed by atoms with Crippen molar-refractivity contribution < 1.29 is 9.90 Å². The third-order valence-electron chi connectivity index (χ3n) is 2.92. The highest BCUT2D eigenvalue weighted by Gasteiger charge is 2.17. The van der Waals surface area contributed by atoms with Gasteiger partial charge in [-0.25, -0.2) is 0 Å². The number of benzene rings is 1. The summed E-state index contributed by atoms with van der Waals surface area (Å²) in [4.78, 5) is 11.7. The first-order valence-electron chi connectivity index (χ1n) is 5.25. The van der Waals surface area contributed by atoms with Gasteiger partial charge < -0.3 is 10.8 Å². The molecule has 15 heavy (non-hydrogen) atoms. The van der Waals surface area contributed by atoms with Crippen LogP contribution in [0.1, 0.15) is 27.9 Å². The number of hydrogen-bond donors (Lipinski definition) is 2. The molecule has 0 heterocycles. The Bertz CT molecular complexity index is 387. The summed E-state index contributed by atoms with van der Waals surface area (Å²) in [7, 11) is 0. The van der Waals surface area contributed by atoms with Gasteiger partial charge in [0.05, 0.1) is 12.6 Å². The molecule has 0 radical (unpaired) electrons. The van der Waals surface area contributed by atoms with E-state index in [1.54, 1.807) is 0 Å². The van der Waals surface area contributed by atoms with Crippen LogP contribution in [0.2, 0.25) is 0 Å². The molecule has 1 aliphatic carbocycles. The molecule has 1 atom stereocenters. The molecule has 1 aromatic carbocycles. The second kappa shape index (κ2) is 4.13. The number of Topliss-reactive ketones (excluding diaryl/α,β-unsaturated/α-hetero) is 1. The number of hydrogen-bond acceptors (Lipinski definition) is 3. The van der Waals surface area contributed by atoms with Crippen LogP contribution in [0.3, 0.4) is 0 Å². The highest BCUT2D eigenvalue weighted by molar-refractivity contribution is 6.00. The molecule has 3 heteroatoms. The Kier molecular flexibility index (Phi) is 2.84. The molecule has 1 aromatic rings. The lowest BCUT2D eigenvalue weighted by molar-refractivity contribution is 0.0925. The number of fused-ring (bicyclic) bond motifs is 1. The van der Waals surface area contributed by atoms with Gasteiger partial charge in [-0.1, -0.05) is 12.1 Å². The lowest BCUT2D eigenvalue weighted by Gasteiger charge is -2.08. The third-order valence-corrected chi connectivity index (χ3v) is 2.92. The largest absolute Gasteiger partial charge is 0.394 e. The standard InChI is InChI=1S/C12H15NO2/c13-11(7-14)12(15)10-5-4-8-2-1-3-9(8)6-10/h4-6,11,14H,1-3,7,13H2. The van der Waals surface area contributed by atoms with Gasteiger partial charge in [0, 0.05) is 5.56 Å². The molecule has 1 aliphatic rings. The van der Waals surface area contributed by atoms with E-state index < -0.39 is 6.04 Å². The molecule has 0 saturated carbocycles. The van der Waals surface area contributed by atoms with Crippen LogP contribution in [0, 0.1) is 0 Å². The maximum atomic E-state index is 11.7. The minimum absolute atomic E-state index is 0.174. The van der Waals surface area contributed by atoms with Crippen LogP contribution in [0.15, 0.2) is 18.2 Å². The first-order valence-corrected chi connectivity index (χ1v) is 5.25. The fourth-order valence-corrected chi connectivity index (χ4v) is 2.02. The van der Waals surface area contributed by atoms with E-state index in [0.29, 0.717) is 5.56 Å². The molecular weight excluding hydrogens is 190 g/mol. The minimum atomic E-state index is -0.788. The average molecular weight is 205 g/mol. The lowest BCUT2D eigenvalue weighted by Crippen LogP contribution is -2.34. The van der Waals surface area contributed by atoms with Gasteiger partial charge in [-0.05, 0) is 36.5 Å². The Labute approximate surface area is 88.9 Å². The van der Waals surface area contributed by atoms with Gasteiger partial charge in [-0.3, -0.25) is 4.79 Å². The number of carbonyl (C=O) groups is 1. The van der Waals surface area contributed by atoms with Crippen LogP contribution in [0.5, 0.6) is 0 Å². The zero-order valence-electron chi connectivity index (χ0n) is 8.57. The first-order chi connectivity index (χ1) is 7.22. The van der Waals surface area contributed by atoms with E-state index in [2.05, 4.69) is 0 Å². The smallest absolute Gasteiger partial charge is 0.181 e. The molecule has 0 saturated heterocycles. The van der Waals surface area contributed by atoms with E-state index in [9.17, 15) is 4.79 Å². The van der Waals surface area contributed by atoms with E-state index in [-0.39, 0.29) is 12.4 Å². The number of ketones is 1. The second-order valence-corrected chi connectivity index (χ2v) is 3.99. The van der Waals surface area contributed by atoms with Crippen molar-refractivity contribution in [1.82, 2.24) is 0 Å². The Morgan fingerprint density at radius 3 is 2.87 bits per heavy atom. The van der Waals surface area contributed by atoms with Crippen LogP contribution in [0.4, 0.5) is 0 Å². The van der Waals surface area contributed by atoms with E-state index >= 15 is 0 Å². The molecule has 3 nitrogen and oxygen atoms in total. The van der Waals surface area contributed by atoms with Crippen molar-refractivity contribution in [3.05, 3.63) is 34.9 Å². The van der Waals surface area contributed by atoms with E-state index in [1.165, 1.54) is 17.5 Å². The molecule has 0 bridgehead atoms. The zero-order valence-corrected chi connectivity index (χ0v) is 8.57. The summed E-state index contributed by atoms with van der Waals surface area (Å²) >= 11 is 0. The number of carbonyl (C=O) groups excluding carboxylic acids is 1. The third kappa shape index (κ3) is 1.94. The SMILES string of the molecule is NC(CO)C(=O)c1ccc2c(c1)CCC2. The van der Waals surface area contributed by atoms with Crippen LogP contribution >= 0.6 is 0 Å². The van der Waals surface area contributed by atoms with Crippen molar-refractivity contribution in [2.45, 2.75) is 25.3 Å². The van der Waals surface area contributed by atoms with Crippen molar-refractivity contribution in [3.8, 4) is 0 Å². The molecule has 1 unspecified atom stereocenters.